The number of carbonyl (C=O) groups is 1. The highest BCUT2D eigenvalue weighted by atomic mass is 35.5. The molecule has 0 saturated heterocycles. The van der Waals surface area contributed by atoms with Gasteiger partial charge in [0.2, 0.25) is 0 Å². The minimum absolute atomic E-state index is 0.323. The predicted molar refractivity (Wildman–Crippen MR) is 106 cm³/mol. The number of rotatable bonds is 6. The van der Waals surface area contributed by atoms with Crippen molar-refractivity contribution in [3.05, 3.63) is 71.4 Å². The number of methoxy groups -OCH3 is 2. The number of pyridine rings is 1. The van der Waals surface area contributed by atoms with Gasteiger partial charge in [0.15, 0.2) is 0 Å². The number of amides is 1. The second-order valence-corrected chi connectivity index (χ2v) is 5.97. The normalized spacial score (nSPS) is 10.2. The van der Waals surface area contributed by atoms with E-state index in [4.69, 9.17) is 21.1 Å². The molecule has 2 aromatic carbocycles. The zero-order valence-corrected chi connectivity index (χ0v) is 15.6. The Bertz CT molecular complexity index is 931. The number of para-hydroxylation sites is 1. The summed E-state index contributed by atoms with van der Waals surface area (Å²) in [6.45, 7) is 0. The maximum atomic E-state index is 12.5. The van der Waals surface area contributed by atoms with Crippen LogP contribution in [0, 0.1) is 0 Å². The summed E-state index contributed by atoms with van der Waals surface area (Å²) in [6.07, 6.45) is 1.50. The molecule has 0 aliphatic rings. The highest BCUT2D eigenvalue weighted by Gasteiger charge is 2.14. The minimum Gasteiger partial charge on any atom is -0.495 e. The Balaban J connectivity index is 1.75. The van der Waals surface area contributed by atoms with Crippen molar-refractivity contribution < 1.29 is 14.3 Å². The van der Waals surface area contributed by atoms with Crippen LogP contribution in [0.5, 0.6) is 11.5 Å². The Labute approximate surface area is 162 Å². The zero-order chi connectivity index (χ0) is 19.2. The molecule has 27 heavy (non-hydrogen) atoms. The number of anilines is 3. The molecule has 138 valence electrons. The number of benzene rings is 2. The van der Waals surface area contributed by atoms with Gasteiger partial charge in [-0.25, -0.2) is 4.98 Å². The monoisotopic (exact) mass is 383 g/mol. The maximum Gasteiger partial charge on any atom is 0.257 e. The summed E-state index contributed by atoms with van der Waals surface area (Å²) in [5, 5.41) is 6.34. The SMILES string of the molecule is COc1cc(NC(=O)c2ccc(Nc3ccccc3)nc2)c(OC)cc1Cl. The van der Waals surface area contributed by atoms with Crippen LogP contribution in [0.25, 0.3) is 0 Å². The topological polar surface area (TPSA) is 72.5 Å². The van der Waals surface area contributed by atoms with Crippen molar-refractivity contribution in [2.45, 2.75) is 0 Å². The molecule has 0 aliphatic carbocycles. The Morgan fingerprint density at radius 2 is 1.74 bits per heavy atom. The second kappa shape index (κ2) is 8.42. The quantitative estimate of drug-likeness (QED) is 0.642. The Hall–Kier alpha value is -3.25. The van der Waals surface area contributed by atoms with Gasteiger partial charge in [-0.2, -0.15) is 0 Å². The van der Waals surface area contributed by atoms with E-state index in [1.54, 1.807) is 24.3 Å². The van der Waals surface area contributed by atoms with Gasteiger partial charge < -0.3 is 20.1 Å². The highest BCUT2D eigenvalue weighted by molar-refractivity contribution is 6.32. The summed E-state index contributed by atoms with van der Waals surface area (Å²) in [4.78, 5) is 16.8. The van der Waals surface area contributed by atoms with Crippen molar-refractivity contribution in [2.24, 2.45) is 0 Å². The predicted octanol–water partition coefficient (Wildman–Crippen LogP) is 4.75. The minimum atomic E-state index is -0.323. The molecule has 0 aliphatic heterocycles. The Kier molecular flexibility index (Phi) is 5.78. The molecule has 0 spiro atoms. The van der Waals surface area contributed by atoms with Crippen LogP contribution in [0.2, 0.25) is 5.02 Å². The summed E-state index contributed by atoms with van der Waals surface area (Å²) < 4.78 is 10.5. The number of nitrogens with one attached hydrogen (secondary N) is 2. The van der Waals surface area contributed by atoms with Crippen LogP contribution >= 0.6 is 11.6 Å². The Morgan fingerprint density at radius 1 is 1.00 bits per heavy atom. The molecule has 0 unspecified atom stereocenters. The number of nitrogens with zero attached hydrogens (tertiary/aromatic N) is 1. The molecule has 3 rings (SSSR count). The lowest BCUT2D eigenvalue weighted by atomic mass is 10.2. The van der Waals surface area contributed by atoms with Gasteiger partial charge in [0.25, 0.3) is 5.91 Å². The van der Waals surface area contributed by atoms with Gasteiger partial charge in [-0.05, 0) is 24.3 Å². The molecule has 0 saturated carbocycles. The van der Waals surface area contributed by atoms with Crippen molar-refractivity contribution in [1.82, 2.24) is 4.98 Å². The van der Waals surface area contributed by atoms with Gasteiger partial charge in [-0.1, -0.05) is 29.8 Å². The number of halogens is 1. The van der Waals surface area contributed by atoms with Gasteiger partial charge in [-0.15, -0.1) is 0 Å². The van der Waals surface area contributed by atoms with E-state index in [0.29, 0.717) is 33.6 Å². The van der Waals surface area contributed by atoms with E-state index in [0.717, 1.165) is 5.69 Å². The summed E-state index contributed by atoms with van der Waals surface area (Å²) in [5.41, 5.74) is 1.78. The smallest absolute Gasteiger partial charge is 0.257 e. The van der Waals surface area contributed by atoms with E-state index in [1.165, 1.54) is 20.4 Å². The van der Waals surface area contributed by atoms with Crippen LogP contribution in [-0.4, -0.2) is 25.1 Å². The molecule has 0 bridgehead atoms. The first-order valence-corrected chi connectivity index (χ1v) is 8.49. The summed E-state index contributed by atoms with van der Waals surface area (Å²) in [6, 6.07) is 16.3. The van der Waals surface area contributed by atoms with Gasteiger partial charge in [0, 0.05) is 24.0 Å². The summed E-state index contributed by atoms with van der Waals surface area (Å²) in [5.74, 6) is 1.19. The lowest BCUT2D eigenvalue weighted by Gasteiger charge is -2.13. The zero-order valence-electron chi connectivity index (χ0n) is 14.8. The first-order valence-electron chi connectivity index (χ1n) is 8.11. The fourth-order valence-electron chi connectivity index (χ4n) is 2.42. The molecule has 0 radical (unpaired) electrons. The molecule has 7 heteroatoms. The standard InChI is InChI=1S/C20H18ClN3O3/c1-26-17-11-16(18(27-2)10-15(17)21)24-20(25)13-8-9-19(22-12-13)23-14-6-4-3-5-7-14/h3-12H,1-2H3,(H,22,23)(H,24,25). The molecular formula is C20H18ClN3O3. The second-order valence-electron chi connectivity index (χ2n) is 5.56. The third kappa shape index (κ3) is 4.48. The maximum absolute atomic E-state index is 12.5. The molecular weight excluding hydrogens is 366 g/mol. The van der Waals surface area contributed by atoms with Crippen LogP contribution < -0.4 is 20.1 Å². The number of hydrogen-bond donors (Lipinski definition) is 2. The fraction of sp³-hybridized carbons (Fsp3) is 0.100. The molecule has 2 N–H and O–H groups in total. The third-order valence-corrected chi connectivity index (χ3v) is 4.09. The van der Waals surface area contributed by atoms with E-state index >= 15 is 0 Å². The largest absolute Gasteiger partial charge is 0.495 e. The van der Waals surface area contributed by atoms with E-state index in [9.17, 15) is 4.79 Å². The Morgan fingerprint density at radius 3 is 2.37 bits per heavy atom. The molecule has 1 heterocycles. The number of aromatic nitrogens is 1. The summed E-state index contributed by atoms with van der Waals surface area (Å²) in [7, 11) is 3.00. The van der Waals surface area contributed by atoms with Gasteiger partial charge in [0.1, 0.15) is 17.3 Å². The molecule has 1 aromatic heterocycles. The van der Waals surface area contributed by atoms with Crippen LogP contribution in [0.15, 0.2) is 60.8 Å². The van der Waals surface area contributed by atoms with Crippen molar-refractivity contribution in [3.63, 3.8) is 0 Å². The van der Waals surface area contributed by atoms with E-state index < -0.39 is 0 Å². The molecule has 6 nitrogen and oxygen atoms in total. The van der Waals surface area contributed by atoms with Crippen molar-refractivity contribution in [3.8, 4) is 11.5 Å². The van der Waals surface area contributed by atoms with Gasteiger partial charge in [-0.3, -0.25) is 4.79 Å². The van der Waals surface area contributed by atoms with Crippen LogP contribution in [-0.2, 0) is 0 Å². The molecule has 0 fully saturated rings. The van der Waals surface area contributed by atoms with Crippen LogP contribution in [0.3, 0.4) is 0 Å². The average molecular weight is 384 g/mol. The lowest BCUT2D eigenvalue weighted by Crippen LogP contribution is -2.13. The molecule has 3 aromatic rings. The molecule has 1 amide bonds. The lowest BCUT2D eigenvalue weighted by molar-refractivity contribution is 0.102. The summed E-state index contributed by atoms with van der Waals surface area (Å²) >= 11 is 6.08. The van der Waals surface area contributed by atoms with E-state index in [-0.39, 0.29) is 5.91 Å². The number of hydrogen-bond acceptors (Lipinski definition) is 5. The van der Waals surface area contributed by atoms with E-state index in [2.05, 4.69) is 15.6 Å². The van der Waals surface area contributed by atoms with Crippen molar-refractivity contribution in [1.29, 1.82) is 0 Å². The van der Waals surface area contributed by atoms with Gasteiger partial charge in [0.05, 0.1) is 30.5 Å². The van der Waals surface area contributed by atoms with Crippen molar-refractivity contribution >= 4 is 34.7 Å². The first-order chi connectivity index (χ1) is 13.1. The average Bonchev–Trinajstić information content (AvgIpc) is 2.70. The first kappa shape index (κ1) is 18.5. The molecule has 0 atom stereocenters. The van der Waals surface area contributed by atoms with Crippen LogP contribution in [0.4, 0.5) is 17.2 Å². The van der Waals surface area contributed by atoms with E-state index in [1.807, 2.05) is 30.3 Å². The fourth-order valence-corrected chi connectivity index (χ4v) is 2.65. The van der Waals surface area contributed by atoms with Crippen LogP contribution in [0.1, 0.15) is 10.4 Å². The van der Waals surface area contributed by atoms with Gasteiger partial charge >= 0.3 is 0 Å². The van der Waals surface area contributed by atoms with Crippen molar-refractivity contribution in [2.75, 3.05) is 24.9 Å². The number of ether oxygens (including phenoxy) is 2. The number of carbonyl (C=O) groups excluding carboxylic acids is 1. The third-order valence-electron chi connectivity index (χ3n) is 3.79. The highest BCUT2D eigenvalue weighted by Crippen LogP contribution is 2.36.